The highest BCUT2D eigenvalue weighted by Crippen LogP contribution is 2.31. The molecule has 0 fully saturated rings. The lowest BCUT2D eigenvalue weighted by atomic mass is 9.94. The van der Waals surface area contributed by atoms with Crippen molar-refractivity contribution in [2.75, 3.05) is 0 Å². The van der Waals surface area contributed by atoms with E-state index in [1.165, 1.54) is 6.07 Å². The standard InChI is InChI=1S/C16H8O2.C5H5N/c17-13-8-11-5-4-9-2-1-3-10-6-7-12(16(13)18)15(11)14(9)10;1-2-4-6-5-3-1/h1-8H;1-5H. The van der Waals surface area contributed by atoms with E-state index in [1.54, 1.807) is 18.5 Å². The molecule has 3 heteroatoms. The zero-order valence-electron chi connectivity index (χ0n) is 12.8. The van der Waals surface area contributed by atoms with E-state index in [0.29, 0.717) is 5.39 Å². The maximum absolute atomic E-state index is 11.9. The maximum atomic E-state index is 11.9. The van der Waals surface area contributed by atoms with E-state index in [2.05, 4.69) is 4.98 Å². The molecule has 0 saturated carbocycles. The number of pyridine rings is 1. The topological polar surface area (TPSA) is 47.0 Å². The van der Waals surface area contributed by atoms with Gasteiger partial charge in [0, 0.05) is 23.2 Å². The molecule has 0 unspecified atom stereocenters. The van der Waals surface area contributed by atoms with Gasteiger partial charge in [0.1, 0.15) is 0 Å². The Labute approximate surface area is 137 Å². The van der Waals surface area contributed by atoms with Gasteiger partial charge < -0.3 is 0 Å². The summed E-state index contributed by atoms with van der Waals surface area (Å²) in [6, 6.07) is 20.8. The predicted octanol–water partition coefficient (Wildman–Crippen LogP) is 3.82. The molecule has 0 aliphatic heterocycles. The lowest BCUT2D eigenvalue weighted by Gasteiger charge is -2.08. The summed E-state index contributed by atoms with van der Waals surface area (Å²) in [5, 5.41) is 5.56. The van der Waals surface area contributed by atoms with Crippen molar-refractivity contribution in [1.82, 2.24) is 4.98 Å². The first-order valence-electron chi connectivity index (χ1n) is 7.65. The van der Waals surface area contributed by atoms with Crippen LogP contribution in [0.15, 0.2) is 88.7 Å². The van der Waals surface area contributed by atoms with Crippen LogP contribution in [0.2, 0.25) is 0 Å². The molecule has 0 N–H and O–H groups in total. The monoisotopic (exact) mass is 311 g/mol. The average molecular weight is 311 g/mol. The molecule has 0 aliphatic rings. The second-order valence-electron chi connectivity index (χ2n) is 5.58. The number of benzene rings is 4. The van der Waals surface area contributed by atoms with Crippen LogP contribution in [0.4, 0.5) is 0 Å². The molecule has 4 aromatic carbocycles. The fraction of sp³-hybridized carbons (Fsp3) is 0. The van der Waals surface area contributed by atoms with Crippen molar-refractivity contribution in [3.05, 3.63) is 99.6 Å². The Hall–Kier alpha value is -3.33. The summed E-state index contributed by atoms with van der Waals surface area (Å²) in [6.07, 6.45) is 3.50. The highest BCUT2D eigenvalue weighted by atomic mass is 16.2. The molecule has 1 heterocycles. The summed E-state index contributed by atoms with van der Waals surface area (Å²) >= 11 is 0. The molecule has 0 atom stereocenters. The molecule has 0 saturated heterocycles. The van der Waals surface area contributed by atoms with Gasteiger partial charge in [-0.05, 0) is 45.8 Å². The van der Waals surface area contributed by atoms with Gasteiger partial charge in [-0.1, -0.05) is 42.5 Å². The van der Waals surface area contributed by atoms with Crippen LogP contribution in [-0.4, -0.2) is 4.98 Å². The highest BCUT2D eigenvalue weighted by Gasteiger charge is 2.11. The van der Waals surface area contributed by atoms with E-state index in [-0.39, 0.29) is 0 Å². The molecule has 3 nitrogen and oxygen atoms in total. The van der Waals surface area contributed by atoms with E-state index in [0.717, 1.165) is 26.9 Å². The van der Waals surface area contributed by atoms with Crippen LogP contribution in [0.25, 0.3) is 32.3 Å². The van der Waals surface area contributed by atoms with Crippen molar-refractivity contribution >= 4 is 32.3 Å². The van der Waals surface area contributed by atoms with E-state index in [9.17, 15) is 9.59 Å². The smallest absolute Gasteiger partial charge is 0.233 e. The fourth-order valence-electron chi connectivity index (χ4n) is 3.07. The molecule has 5 aromatic rings. The Morgan fingerprint density at radius 3 is 1.92 bits per heavy atom. The number of hydrogen-bond acceptors (Lipinski definition) is 3. The third-order valence-corrected chi connectivity index (χ3v) is 4.13. The van der Waals surface area contributed by atoms with Crippen molar-refractivity contribution in [2.45, 2.75) is 0 Å². The largest absolute Gasteiger partial charge is 0.286 e. The number of hydrogen-bond donors (Lipinski definition) is 0. The minimum Gasteiger partial charge on any atom is -0.286 e. The number of nitrogens with zero attached hydrogens (tertiary/aromatic N) is 1. The Bertz CT molecular complexity index is 1190. The van der Waals surface area contributed by atoms with Crippen molar-refractivity contribution in [1.29, 1.82) is 0 Å². The first-order chi connectivity index (χ1) is 11.8. The summed E-state index contributed by atoms with van der Waals surface area (Å²) in [5.74, 6) is 0. The predicted molar refractivity (Wildman–Crippen MR) is 98.1 cm³/mol. The zero-order chi connectivity index (χ0) is 16.5. The van der Waals surface area contributed by atoms with E-state index >= 15 is 0 Å². The van der Waals surface area contributed by atoms with Crippen LogP contribution in [0.3, 0.4) is 0 Å². The summed E-state index contributed by atoms with van der Waals surface area (Å²) in [4.78, 5) is 27.3. The summed E-state index contributed by atoms with van der Waals surface area (Å²) in [6.45, 7) is 0. The normalized spacial score (nSPS) is 10.8. The Balaban J connectivity index is 0.000000207. The lowest BCUT2D eigenvalue weighted by molar-refractivity contribution is 1.33. The van der Waals surface area contributed by atoms with Crippen LogP contribution < -0.4 is 10.9 Å². The Kier molecular flexibility index (Phi) is 3.39. The Morgan fingerprint density at radius 1 is 0.625 bits per heavy atom. The molecule has 1 aromatic heterocycles. The second kappa shape index (κ2) is 5.70. The summed E-state index contributed by atoms with van der Waals surface area (Å²) < 4.78 is 0. The number of aromatic nitrogens is 1. The maximum Gasteiger partial charge on any atom is 0.233 e. The third kappa shape index (κ3) is 2.27. The molecular weight excluding hydrogens is 298 g/mol. The molecule has 0 aliphatic carbocycles. The van der Waals surface area contributed by atoms with Gasteiger partial charge in [0.05, 0.1) is 0 Å². The summed E-state index contributed by atoms with van der Waals surface area (Å²) in [5.41, 5.74) is -0.832. The minimum atomic E-state index is -0.430. The van der Waals surface area contributed by atoms with Gasteiger partial charge in [-0.15, -0.1) is 0 Å². The van der Waals surface area contributed by atoms with Crippen molar-refractivity contribution in [3.63, 3.8) is 0 Å². The van der Waals surface area contributed by atoms with Gasteiger partial charge >= 0.3 is 0 Å². The van der Waals surface area contributed by atoms with Gasteiger partial charge in [0.15, 0.2) is 0 Å². The van der Waals surface area contributed by atoms with Gasteiger partial charge in [0.2, 0.25) is 10.9 Å². The Morgan fingerprint density at radius 2 is 1.29 bits per heavy atom. The molecule has 0 spiro atoms. The van der Waals surface area contributed by atoms with Gasteiger partial charge in [-0.25, -0.2) is 0 Å². The van der Waals surface area contributed by atoms with Crippen LogP contribution in [0.5, 0.6) is 0 Å². The van der Waals surface area contributed by atoms with Gasteiger partial charge in [-0.3, -0.25) is 14.6 Å². The zero-order valence-corrected chi connectivity index (χ0v) is 12.8. The van der Waals surface area contributed by atoms with E-state index in [1.807, 2.05) is 54.6 Å². The van der Waals surface area contributed by atoms with Gasteiger partial charge in [0.25, 0.3) is 0 Å². The molecule has 5 rings (SSSR count). The molecule has 0 amide bonds. The second-order valence-corrected chi connectivity index (χ2v) is 5.58. The fourth-order valence-corrected chi connectivity index (χ4v) is 3.07. The molecule has 0 radical (unpaired) electrons. The molecule has 24 heavy (non-hydrogen) atoms. The van der Waals surface area contributed by atoms with Crippen LogP contribution >= 0.6 is 0 Å². The first-order valence-corrected chi connectivity index (χ1v) is 7.65. The van der Waals surface area contributed by atoms with Crippen LogP contribution in [-0.2, 0) is 0 Å². The highest BCUT2D eigenvalue weighted by molar-refractivity contribution is 6.22. The van der Waals surface area contributed by atoms with Crippen molar-refractivity contribution in [3.8, 4) is 0 Å². The van der Waals surface area contributed by atoms with Crippen molar-refractivity contribution < 1.29 is 0 Å². The lowest BCUT2D eigenvalue weighted by Crippen LogP contribution is -2.22. The van der Waals surface area contributed by atoms with E-state index in [4.69, 9.17) is 0 Å². The molecular formula is C21H13NO2. The number of rotatable bonds is 0. The first kappa shape index (κ1) is 14.3. The quantitative estimate of drug-likeness (QED) is 0.322. The minimum absolute atomic E-state index is 0.402. The molecule has 0 bridgehead atoms. The average Bonchev–Trinajstić information content (AvgIpc) is 2.65. The van der Waals surface area contributed by atoms with Crippen LogP contribution in [0.1, 0.15) is 0 Å². The summed E-state index contributed by atoms with van der Waals surface area (Å²) in [7, 11) is 0. The molecule has 114 valence electrons. The van der Waals surface area contributed by atoms with Gasteiger partial charge in [-0.2, -0.15) is 0 Å². The SMILES string of the molecule is O=c1cc2ccc3cccc4ccc(c1=O)c2c34.c1ccncc1. The third-order valence-electron chi connectivity index (χ3n) is 4.13. The van der Waals surface area contributed by atoms with E-state index < -0.39 is 10.9 Å². The van der Waals surface area contributed by atoms with Crippen LogP contribution in [0, 0.1) is 0 Å². The van der Waals surface area contributed by atoms with Crippen molar-refractivity contribution in [2.24, 2.45) is 0 Å².